The Morgan fingerprint density at radius 3 is 2.71 bits per heavy atom. The largest absolute Gasteiger partial charge is 0.444 e. The molecule has 0 aromatic carbocycles. The van der Waals surface area contributed by atoms with E-state index in [4.69, 9.17) is 4.74 Å². The van der Waals surface area contributed by atoms with Gasteiger partial charge in [0.15, 0.2) is 0 Å². The van der Waals surface area contributed by atoms with Crippen LogP contribution in [0.3, 0.4) is 0 Å². The molecule has 0 aliphatic carbocycles. The number of carbonyl (C=O) groups excluding carboxylic acids is 2. The standard InChI is InChI=1S/C16H23N5O3/c1-16(2,3)24-15(23)19-10-4-6-21(7-5-10)14-11-8-12(22)20-13(11)17-9-18-14/h9-10H,4-8H2,1-3H3,(H,19,23)(H,17,18,20,22). The fourth-order valence-electron chi connectivity index (χ4n) is 2.99. The normalized spacial score (nSPS) is 18.1. The van der Waals surface area contributed by atoms with Crippen molar-refractivity contribution in [2.45, 2.75) is 51.7 Å². The van der Waals surface area contributed by atoms with E-state index in [-0.39, 0.29) is 18.0 Å². The van der Waals surface area contributed by atoms with Crippen LogP contribution in [0, 0.1) is 0 Å². The van der Waals surface area contributed by atoms with Gasteiger partial charge in [-0.1, -0.05) is 0 Å². The summed E-state index contributed by atoms with van der Waals surface area (Å²) in [5, 5.41) is 5.66. The molecule has 0 bridgehead atoms. The highest BCUT2D eigenvalue weighted by Gasteiger charge is 2.29. The second-order valence-electron chi connectivity index (χ2n) is 7.16. The number of fused-ring (bicyclic) bond motifs is 1. The van der Waals surface area contributed by atoms with Crippen LogP contribution in [-0.2, 0) is 16.0 Å². The van der Waals surface area contributed by atoms with E-state index in [1.54, 1.807) is 0 Å². The Morgan fingerprint density at radius 1 is 1.33 bits per heavy atom. The van der Waals surface area contributed by atoms with Gasteiger partial charge in [-0.3, -0.25) is 4.79 Å². The van der Waals surface area contributed by atoms with Crippen molar-refractivity contribution in [3.8, 4) is 0 Å². The van der Waals surface area contributed by atoms with Crippen molar-refractivity contribution < 1.29 is 14.3 Å². The van der Waals surface area contributed by atoms with Crippen molar-refractivity contribution in [2.75, 3.05) is 23.3 Å². The van der Waals surface area contributed by atoms with Crippen molar-refractivity contribution in [3.05, 3.63) is 11.9 Å². The lowest BCUT2D eigenvalue weighted by atomic mass is 10.0. The molecule has 1 fully saturated rings. The lowest BCUT2D eigenvalue weighted by molar-refractivity contribution is -0.115. The van der Waals surface area contributed by atoms with Crippen molar-refractivity contribution in [1.82, 2.24) is 15.3 Å². The van der Waals surface area contributed by atoms with Crippen LogP contribution in [0.4, 0.5) is 16.4 Å². The predicted molar refractivity (Wildman–Crippen MR) is 89.0 cm³/mol. The average molecular weight is 333 g/mol. The van der Waals surface area contributed by atoms with Gasteiger partial charge in [-0.2, -0.15) is 0 Å². The number of alkyl carbamates (subject to hydrolysis) is 1. The molecule has 3 rings (SSSR count). The maximum Gasteiger partial charge on any atom is 0.407 e. The van der Waals surface area contributed by atoms with Crippen LogP contribution < -0.4 is 15.5 Å². The predicted octanol–water partition coefficient (Wildman–Crippen LogP) is 1.46. The fourth-order valence-corrected chi connectivity index (χ4v) is 2.99. The second kappa shape index (κ2) is 6.26. The summed E-state index contributed by atoms with van der Waals surface area (Å²) < 4.78 is 5.29. The zero-order chi connectivity index (χ0) is 17.3. The van der Waals surface area contributed by atoms with Crippen LogP contribution in [0.15, 0.2) is 6.33 Å². The SMILES string of the molecule is CC(C)(C)OC(=O)NC1CCN(c2ncnc3c2CC(=O)N3)CC1. The van der Waals surface area contributed by atoms with E-state index < -0.39 is 5.60 Å². The Hall–Kier alpha value is -2.38. The lowest BCUT2D eigenvalue weighted by Crippen LogP contribution is -2.46. The molecule has 0 spiro atoms. The Morgan fingerprint density at radius 2 is 2.04 bits per heavy atom. The van der Waals surface area contributed by atoms with Gasteiger partial charge in [0.2, 0.25) is 5.91 Å². The number of aromatic nitrogens is 2. The first-order chi connectivity index (χ1) is 11.3. The molecule has 3 heterocycles. The van der Waals surface area contributed by atoms with Gasteiger partial charge >= 0.3 is 6.09 Å². The van der Waals surface area contributed by atoms with Gasteiger partial charge in [-0.05, 0) is 33.6 Å². The van der Waals surface area contributed by atoms with E-state index >= 15 is 0 Å². The van der Waals surface area contributed by atoms with E-state index in [2.05, 4.69) is 25.5 Å². The number of hydrogen-bond acceptors (Lipinski definition) is 6. The molecule has 2 aliphatic heterocycles. The Bertz CT molecular complexity index is 648. The van der Waals surface area contributed by atoms with Gasteiger partial charge in [0.05, 0.1) is 6.42 Å². The third-order valence-electron chi connectivity index (χ3n) is 4.03. The molecule has 130 valence electrons. The topological polar surface area (TPSA) is 96.4 Å². The van der Waals surface area contributed by atoms with Gasteiger partial charge in [0.25, 0.3) is 0 Å². The monoisotopic (exact) mass is 333 g/mol. The third kappa shape index (κ3) is 3.74. The van der Waals surface area contributed by atoms with Gasteiger partial charge < -0.3 is 20.3 Å². The van der Waals surface area contributed by atoms with Crippen LogP contribution in [-0.4, -0.2) is 46.7 Å². The Labute approximate surface area is 141 Å². The van der Waals surface area contributed by atoms with Gasteiger partial charge in [-0.25, -0.2) is 14.8 Å². The average Bonchev–Trinajstić information content (AvgIpc) is 2.86. The third-order valence-corrected chi connectivity index (χ3v) is 4.03. The molecule has 0 atom stereocenters. The van der Waals surface area contributed by atoms with Crippen molar-refractivity contribution >= 4 is 23.6 Å². The van der Waals surface area contributed by atoms with Crippen LogP contribution in [0.2, 0.25) is 0 Å². The number of piperidine rings is 1. The smallest absolute Gasteiger partial charge is 0.407 e. The van der Waals surface area contributed by atoms with E-state index in [0.717, 1.165) is 37.3 Å². The van der Waals surface area contributed by atoms with E-state index in [9.17, 15) is 9.59 Å². The summed E-state index contributed by atoms with van der Waals surface area (Å²) in [5.41, 5.74) is 0.368. The first kappa shape index (κ1) is 16.5. The molecular weight excluding hydrogens is 310 g/mol. The van der Waals surface area contributed by atoms with E-state index in [0.29, 0.717) is 12.2 Å². The van der Waals surface area contributed by atoms with Gasteiger partial charge in [0, 0.05) is 24.7 Å². The van der Waals surface area contributed by atoms with Crippen molar-refractivity contribution in [3.63, 3.8) is 0 Å². The number of nitrogens with zero attached hydrogens (tertiary/aromatic N) is 3. The molecule has 1 aromatic rings. The maximum atomic E-state index is 11.9. The summed E-state index contributed by atoms with van der Waals surface area (Å²) in [4.78, 5) is 34.0. The molecule has 24 heavy (non-hydrogen) atoms. The van der Waals surface area contributed by atoms with Crippen molar-refractivity contribution in [2.24, 2.45) is 0 Å². The number of anilines is 2. The number of amides is 2. The minimum Gasteiger partial charge on any atom is -0.444 e. The number of nitrogens with one attached hydrogen (secondary N) is 2. The summed E-state index contributed by atoms with van der Waals surface area (Å²) in [7, 11) is 0. The molecule has 2 aliphatic rings. The fraction of sp³-hybridized carbons (Fsp3) is 0.625. The highest BCUT2D eigenvalue weighted by atomic mass is 16.6. The number of carbonyl (C=O) groups is 2. The molecule has 1 aromatic heterocycles. The number of rotatable bonds is 2. The first-order valence-corrected chi connectivity index (χ1v) is 8.20. The Kier molecular flexibility index (Phi) is 4.29. The molecule has 8 heteroatoms. The molecule has 0 unspecified atom stereocenters. The summed E-state index contributed by atoms with van der Waals surface area (Å²) in [6.07, 6.45) is 3.03. The molecular formula is C16H23N5O3. The first-order valence-electron chi connectivity index (χ1n) is 8.20. The maximum absolute atomic E-state index is 11.9. The van der Waals surface area contributed by atoms with Gasteiger partial charge in [0.1, 0.15) is 23.6 Å². The summed E-state index contributed by atoms with van der Waals surface area (Å²) >= 11 is 0. The van der Waals surface area contributed by atoms with E-state index in [1.807, 2.05) is 20.8 Å². The van der Waals surface area contributed by atoms with Crippen LogP contribution in [0.5, 0.6) is 0 Å². The summed E-state index contributed by atoms with van der Waals surface area (Å²) in [6.45, 7) is 7.07. The summed E-state index contributed by atoms with van der Waals surface area (Å²) in [6, 6.07) is 0.0887. The van der Waals surface area contributed by atoms with Crippen LogP contribution in [0.25, 0.3) is 0 Å². The molecule has 0 radical (unpaired) electrons. The molecule has 8 nitrogen and oxygen atoms in total. The quantitative estimate of drug-likeness (QED) is 0.851. The number of hydrogen-bond donors (Lipinski definition) is 2. The summed E-state index contributed by atoms with van der Waals surface area (Å²) in [5.74, 6) is 1.38. The van der Waals surface area contributed by atoms with Crippen LogP contribution in [0.1, 0.15) is 39.2 Å². The van der Waals surface area contributed by atoms with Gasteiger partial charge in [-0.15, -0.1) is 0 Å². The van der Waals surface area contributed by atoms with E-state index in [1.165, 1.54) is 6.33 Å². The second-order valence-corrected chi connectivity index (χ2v) is 7.16. The highest BCUT2D eigenvalue weighted by Crippen LogP contribution is 2.30. The molecule has 0 saturated carbocycles. The Balaban J connectivity index is 1.58. The number of ether oxygens (including phenoxy) is 1. The molecule has 2 amide bonds. The lowest BCUT2D eigenvalue weighted by Gasteiger charge is -2.34. The van der Waals surface area contributed by atoms with Crippen LogP contribution >= 0.6 is 0 Å². The zero-order valence-electron chi connectivity index (χ0n) is 14.3. The highest BCUT2D eigenvalue weighted by molar-refractivity contribution is 5.99. The van der Waals surface area contributed by atoms with Crippen molar-refractivity contribution in [1.29, 1.82) is 0 Å². The molecule has 2 N–H and O–H groups in total. The minimum absolute atomic E-state index is 0.0479. The zero-order valence-corrected chi connectivity index (χ0v) is 14.3. The molecule has 1 saturated heterocycles. The minimum atomic E-state index is -0.494.